The Hall–Kier alpha value is -2.35. The molecule has 1 aliphatic rings. The van der Waals surface area contributed by atoms with E-state index in [1.807, 2.05) is 0 Å². The molecule has 2 rings (SSSR count). The van der Waals surface area contributed by atoms with Gasteiger partial charge in [0.2, 0.25) is 5.91 Å². The molecule has 2 amide bonds. The monoisotopic (exact) mass is 392 g/mol. The number of likely N-dealkylation sites (N-methyl/N-ethyl adjacent to an activating group) is 1. The number of aromatic nitrogens is 1. The van der Waals surface area contributed by atoms with Crippen LogP contribution in [0.3, 0.4) is 0 Å². The van der Waals surface area contributed by atoms with Crippen molar-refractivity contribution in [2.45, 2.75) is 40.2 Å². The van der Waals surface area contributed by atoms with Crippen LogP contribution in [0.2, 0.25) is 0 Å². The van der Waals surface area contributed by atoms with Crippen LogP contribution in [0, 0.1) is 13.8 Å². The predicted octanol–water partition coefficient (Wildman–Crippen LogP) is 1.43. The van der Waals surface area contributed by atoms with E-state index < -0.39 is 5.97 Å². The zero-order valence-electron chi connectivity index (χ0n) is 17.8. The summed E-state index contributed by atoms with van der Waals surface area (Å²) in [6, 6.07) is 0. The Morgan fingerprint density at radius 2 is 1.79 bits per heavy atom. The van der Waals surface area contributed by atoms with Gasteiger partial charge >= 0.3 is 5.97 Å². The fourth-order valence-electron chi connectivity index (χ4n) is 3.37. The number of hydrogen-bond donors (Lipinski definition) is 1. The molecule has 0 bridgehead atoms. The molecule has 0 aromatic carbocycles. The van der Waals surface area contributed by atoms with E-state index >= 15 is 0 Å². The Bertz CT molecular complexity index is 739. The minimum Gasteiger partial charge on any atom is -0.459 e. The molecule has 0 aliphatic carbocycles. The van der Waals surface area contributed by atoms with Crippen molar-refractivity contribution in [2.24, 2.45) is 0 Å². The van der Waals surface area contributed by atoms with E-state index in [0.29, 0.717) is 48.7 Å². The third-order valence-corrected chi connectivity index (χ3v) is 4.93. The maximum absolute atomic E-state index is 13.1. The van der Waals surface area contributed by atoms with E-state index in [9.17, 15) is 14.4 Å². The molecule has 0 spiro atoms. The molecule has 0 unspecified atom stereocenters. The lowest BCUT2D eigenvalue weighted by molar-refractivity contribution is -0.129. The van der Waals surface area contributed by atoms with Crippen LogP contribution >= 0.6 is 0 Å². The summed E-state index contributed by atoms with van der Waals surface area (Å²) >= 11 is 0. The Kier molecular flexibility index (Phi) is 7.23. The van der Waals surface area contributed by atoms with Crippen LogP contribution in [0.5, 0.6) is 0 Å². The van der Waals surface area contributed by atoms with Gasteiger partial charge in [0.15, 0.2) is 0 Å². The normalized spacial score (nSPS) is 15.5. The quantitative estimate of drug-likeness (QED) is 0.766. The number of aryl methyl sites for hydroxylation is 1. The highest BCUT2D eigenvalue weighted by molar-refractivity contribution is 6.00. The molecule has 156 valence electrons. The first-order valence-corrected chi connectivity index (χ1v) is 9.73. The van der Waals surface area contributed by atoms with Gasteiger partial charge < -0.3 is 19.5 Å². The van der Waals surface area contributed by atoms with E-state index in [-0.39, 0.29) is 17.9 Å². The van der Waals surface area contributed by atoms with E-state index in [4.69, 9.17) is 4.74 Å². The van der Waals surface area contributed by atoms with Gasteiger partial charge in [-0.05, 0) is 39.7 Å². The van der Waals surface area contributed by atoms with E-state index in [1.54, 1.807) is 51.6 Å². The number of carbonyl (C=O) groups excluding carboxylic acids is 3. The molecule has 1 fully saturated rings. The van der Waals surface area contributed by atoms with Gasteiger partial charge in [-0.2, -0.15) is 0 Å². The second-order valence-corrected chi connectivity index (χ2v) is 7.79. The first kappa shape index (κ1) is 21.9. The average Bonchev–Trinajstić information content (AvgIpc) is 2.76. The van der Waals surface area contributed by atoms with Crippen LogP contribution < -0.4 is 0 Å². The van der Waals surface area contributed by atoms with E-state index in [1.165, 1.54) is 0 Å². The number of H-pyrrole nitrogens is 1. The third-order valence-electron chi connectivity index (χ3n) is 4.93. The van der Waals surface area contributed by atoms with Crippen LogP contribution in [0.25, 0.3) is 0 Å². The summed E-state index contributed by atoms with van der Waals surface area (Å²) < 4.78 is 5.30. The van der Waals surface area contributed by atoms with Crippen LogP contribution in [-0.2, 0) is 9.53 Å². The van der Waals surface area contributed by atoms with Gasteiger partial charge in [0.05, 0.1) is 18.2 Å². The van der Waals surface area contributed by atoms with Crippen molar-refractivity contribution in [1.82, 2.24) is 19.7 Å². The number of esters is 1. The Labute approximate surface area is 166 Å². The molecule has 1 aliphatic heterocycles. The van der Waals surface area contributed by atoms with Crippen molar-refractivity contribution in [3.63, 3.8) is 0 Å². The number of carbonyl (C=O) groups is 3. The summed E-state index contributed by atoms with van der Waals surface area (Å²) in [6.45, 7) is 10.1. The molecule has 28 heavy (non-hydrogen) atoms. The van der Waals surface area contributed by atoms with Gasteiger partial charge in [-0.1, -0.05) is 0 Å². The van der Waals surface area contributed by atoms with Gasteiger partial charge in [-0.15, -0.1) is 0 Å². The van der Waals surface area contributed by atoms with Crippen molar-refractivity contribution in [2.75, 3.05) is 46.8 Å². The lowest BCUT2D eigenvalue weighted by atomic mass is 10.1. The molecule has 0 saturated carbocycles. The number of amides is 2. The minimum atomic E-state index is -0.412. The third kappa shape index (κ3) is 5.13. The summed E-state index contributed by atoms with van der Waals surface area (Å²) in [5, 5.41) is 0. The van der Waals surface area contributed by atoms with Crippen molar-refractivity contribution in [1.29, 1.82) is 0 Å². The summed E-state index contributed by atoms with van der Waals surface area (Å²) in [5.41, 5.74) is 2.13. The first-order valence-electron chi connectivity index (χ1n) is 9.73. The lowest BCUT2D eigenvalue weighted by Gasteiger charge is -2.22. The first-order chi connectivity index (χ1) is 13.1. The molecular formula is C20H32N4O4. The van der Waals surface area contributed by atoms with Crippen LogP contribution in [0.15, 0.2) is 0 Å². The van der Waals surface area contributed by atoms with E-state index in [2.05, 4.69) is 9.88 Å². The smallest absolute Gasteiger partial charge is 0.340 e. The van der Waals surface area contributed by atoms with Gasteiger partial charge in [0, 0.05) is 46.0 Å². The average molecular weight is 393 g/mol. The number of nitrogens with zero attached hydrogens (tertiary/aromatic N) is 3. The van der Waals surface area contributed by atoms with Gasteiger partial charge in [-0.25, -0.2) is 4.79 Å². The predicted molar refractivity (Wildman–Crippen MR) is 106 cm³/mol. The summed E-state index contributed by atoms with van der Waals surface area (Å²) in [5.74, 6) is -0.474. The van der Waals surface area contributed by atoms with Crippen molar-refractivity contribution in [3.05, 3.63) is 22.5 Å². The zero-order chi connectivity index (χ0) is 21.0. The fourth-order valence-corrected chi connectivity index (χ4v) is 3.37. The maximum atomic E-state index is 13.1. The molecule has 1 aromatic rings. The molecule has 1 saturated heterocycles. The van der Waals surface area contributed by atoms with Crippen molar-refractivity contribution >= 4 is 17.8 Å². The Morgan fingerprint density at radius 1 is 1.11 bits per heavy atom. The number of nitrogens with one attached hydrogen (secondary N) is 1. The largest absolute Gasteiger partial charge is 0.459 e. The molecule has 8 nitrogen and oxygen atoms in total. The Morgan fingerprint density at radius 3 is 2.39 bits per heavy atom. The SMILES string of the molecule is Cc1[nH]c(C(=O)N2CCCN(CC(=O)N(C)C)CC2)c(C)c1C(=O)OC(C)C. The molecule has 2 heterocycles. The fraction of sp³-hybridized carbons (Fsp3) is 0.650. The lowest BCUT2D eigenvalue weighted by Crippen LogP contribution is -2.39. The number of rotatable bonds is 5. The maximum Gasteiger partial charge on any atom is 0.340 e. The van der Waals surface area contributed by atoms with Crippen molar-refractivity contribution < 1.29 is 19.1 Å². The van der Waals surface area contributed by atoms with Crippen molar-refractivity contribution in [3.8, 4) is 0 Å². The van der Waals surface area contributed by atoms with Gasteiger partial charge in [0.25, 0.3) is 5.91 Å². The summed E-state index contributed by atoms with van der Waals surface area (Å²) in [4.78, 5) is 45.9. The highest BCUT2D eigenvalue weighted by Crippen LogP contribution is 2.21. The van der Waals surface area contributed by atoms with Crippen LogP contribution in [0.1, 0.15) is 52.4 Å². The second kappa shape index (κ2) is 9.23. The van der Waals surface area contributed by atoms with Crippen LogP contribution in [-0.4, -0.2) is 90.4 Å². The zero-order valence-corrected chi connectivity index (χ0v) is 17.8. The summed E-state index contributed by atoms with van der Waals surface area (Å²) in [7, 11) is 3.49. The standard InChI is InChI=1S/C20H32N4O4/c1-13(2)28-20(27)17-14(3)18(21-15(17)4)19(26)24-9-7-8-23(10-11-24)12-16(25)22(5)6/h13,21H,7-12H2,1-6H3. The highest BCUT2D eigenvalue weighted by Gasteiger charge is 2.28. The minimum absolute atomic E-state index is 0.0592. The highest BCUT2D eigenvalue weighted by atomic mass is 16.5. The number of hydrogen-bond acceptors (Lipinski definition) is 5. The summed E-state index contributed by atoms with van der Waals surface area (Å²) in [6.07, 6.45) is 0.579. The van der Waals surface area contributed by atoms with Gasteiger partial charge in [-0.3, -0.25) is 14.5 Å². The Balaban J connectivity index is 2.10. The van der Waals surface area contributed by atoms with E-state index in [0.717, 1.165) is 13.0 Å². The second-order valence-electron chi connectivity index (χ2n) is 7.79. The molecule has 0 atom stereocenters. The number of aromatic amines is 1. The molecule has 1 aromatic heterocycles. The topological polar surface area (TPSA) is 86.0 Å². The van der Waals surface area contributed by atoms with Gasteiger partial charge in [0.1, 0.15) is 5.69 Å². The molecule has 8 heteroatoms. The number of ether oxygens (including phenoxy) is 1. The molecule has 1 N–H and O–H groups in total. The molecular weight excluding hydrogens is 360 g/mol. The van der Waals surface area contributed by atoms with Crippen LogP contribution in [0.4, 0.5) is 0 Å². The molecule has 0 radical (unpaired) electrons.